The minimum Gasteiger partial charge on any atom is -0.495 e. The van der Waals surface area contributed by atoms with E-state index in [1.165, 1.54) is 11.3 Å². The molecule has 0 spiro atoms. The molecule has 20 heavy (non-hydrogen) atoms. The van der Waals surface area contributed by atoms with Crippen LogP contribution in [0.25, 0.3) is 10.2 Å². The molecule has 0 amide bonds. The van der Waals surface area contributed by atoms with Gasteiger partial charge in [0.2, 0.25) is 0 Å². The van der Waals surface area contributed by atoms with E-state index in [0.29, 0.717) is 0 Å². The molecule has 3 rings (SSSR count). The second-order valence-corrected chi connectivity index (χ2v) is 5.84. The predicted octanol–water partition coefficient (Wildman–Crippen LogP) is 5.01. The third-order valence-electron chi connectivity index (χ3n) is 2.96. The Bertz CT molecular complexity index is 770. The van der Waals surface area contributed by atoms with Crippen LogP contribution in [-0.2, 0) is 0 Å². The van der Waals surface area contributed by atoms with Crippen LogP contribution in [-0.4, -0.2) is 12.1 Å². The monoisotopic (exact) mass is 304 g/mol. The van der Waals surface area contributed by atoms with Gasteiger partial charge < -0.3 is 10.1 Å². The summed E-state index contributed by atoms with van der Waals surface area (Å²) in [5, 5.41) is 4.83. The van der Waals surface area contributed by atoms with E-state index in [0.717, 1.165) is 37.4 Å². The highest BCUT2D eigenvalue weighted by Gasteiger charge is 2.09. The average Bonchev–Trinajstić information content (AvgIpc) is 2.83. The van der Waals surface area contributed by atoms with Gasteiger partial charge in [0.15, 0.2) is 5.13 Å². The Hall–Kier alpha value is -1.78. The number of rotatable bonds is 3. The van der Waals surface area contributed by atoms with Crippen LogP contribution in [0.2, 0.25) is 5.02 Å². The van der Waals surface area contributed by atoms with E-state index in [4.69, 9.17) is 16.3 Å². The lowest BCUT2D eigenvalue weighted by Crippen LogP contribution is -1.94. The molecule has 0 unspecified atom stereocenters. The highest BCUT2D eigenvalue weighted by molar-refractivity contribution is 7.22. The number of hydrogen-bond acceptors (Lipinski definition) is 4. The van der Waals surface area contributed by atoms with Gasteiger partial charge in [-0.05, 0) is 36.8 Å². The fourth-order valence-electron chi connectivity index (χ4n) is 2.00. The second kappa shape index (κ2) is 5.31. The Labute approximate surface area is 126 Å². The minimum absolute atomic E-state index is 0.726. The molecule has 0 aliphatic carbocycles. The molecule has 0 atom stereocenters. The lowest BCUT2D eigenvalue weighted by Gasteiger charge is -2.09. The third-order valence-corrected chi connectivity index (χ3v) is 4.41. The Morgan fingerprint density at radius 2 is 2.10 bits per heavy atom. The number of methoxy groups -OCH3 is 1. The first kappa shape index (κ1) is 13.2. The molecule has 1 aromatic heterocycles. The van der Waals surface area contributed by atoms with Crippen molar-refractivity contribution in [3.63, 3.8) is 0 Å². The van der Waals surface area contributed by atoms with Gasteiger partial charge in [0.25, 0.3) is 0 Å². The number of benzene rings is 2. The summed E-state index contributed by atoms with van der Waals surface area (Å²) in [7, 11) is 1.66. The summed E-state index contributed by atoms with van der Waals surface area (Å²) in [6.07, 6.45) is 0. The number of aryl methyl sites for hydroxylation is 1. The third kappa shape index (κ3) is 2.44. The van der Waals surface area contributed by atoms with Crippen LogP contribution in [0.4, 0.5) is 10.8 Å². The molecule has 5 heteroatoms. The van der Waals surface area contributed by atoms with Gasteiger partial charge in [-0.15, -0.1) is 0 Å². The standard InChI is InChI=1S/C15H13ClN2OS/c1-9-6-7-13(19-2)12(8-9)18-15-17-11-5-3-4-10(16)14(11)20-15/h3-8H,1-2H3,(H,17,18). The molecular weight excluding hydrogens is 292 g/mol. The van der Waals surface area contributed by atoms with E-state index in [2.05, 4.69) is 10.3 Å². The fourth-order valence-corrected chi connectivity index (χ4v) is 3.17. The van der Waals surface area contributed by atoms with Gasteiger partial charge in [-0.3, -0.25) is 0 Å². The van der Waals surface area contributed by atoms with Crippen molar-refractivity contribution in [1.82, 2.24) is 4.98 Å². The van der Waals surface area contributed by atoms with Crippen LogP contribution < -0.4 is 10.1 Å². The van der Waals surface area contributed by atoms with Crippen molar-refractivity contribution in [1.29, 1.82) is 0 Å². The first-order chi connectivity index (χ1) is 9.67. The average molecular weight is 305 g/mol. The number of nitrogens with zero attached hydrogens (tertiary/aromatic N) is 1. The van der Waals surface area contributed by atoms with Gasteiger partial charge in [0.05, 0.1) is 28.0 Å². The van der Waals surface area contributed by atoms with Crippen LogP contribution in [0.5, 0.6) is 5.75 Å². The quantitative estimate of drug-likeness (QED) is 0.738. The van der Waals surface area contributed by atoms with Gasteiger partial charge in [-0.1, -0.05) is 35.1 Å². The molecule has 2 aromatic carbocycles. The Morgan fingerprint density at radius 1 is 1.25 bits per heavy atom. The summed E-state index contributed by atoms with van der Waals surface area (Å²) in [4.78, 5) is 4.54. The summed E-state index contributed by atoms with van der Waals surface area (Å²) in [5.74, 6) is 0.793. The molecule has 0 saturated heterocycles. The maximum absolute atomic E-state index is 6.18. The molecule has 102 valence electrons. The van der Waals surface area contributed by atoms with Crippen LogP contribution in [0.15, 0.2) is 36.4 Å². The lowest BCUT2D eigenvalue weighted by molar-refractivity contribution is 0.416. The van der Waals surface area contributed by atoms with E-state index < -0.39 is 0 Å². The van der Waals surface area contributed by atoms with Crippen LogP contribution >= 0.6 is 22.9 Å². The molecular formula is C15H13ClN2OS. The van der Waals surface area contributed by atoms with Gasteiger partial charge in [0.1, 0.15) is 5.75 Å². The predicted molar refractivity (Wildman–Crippen MR) is 85.6 cm³/mol. The normalized spacial score (nSPS) is 10.8. The van der Waals surface area contributed by atoms with Crippen LogP contribution in [0.1, 0.15) is 5.56 Å². The molecule has 0 aliphatic heterocycles. The smallest absolute Gasteiger partial charge is 0.188 e. The zero-order chi connectivity index (χ0) is 14.1. The zero-order valence-electron chi connectivity index (χ0n) is 11.1. The SMILES string of the molecule is COc1ccc(C)cc1Nc1nc2cccc(Cl)c2s1. The molecule has 1 N–H and O–H groups in total. The van der Waals surface area contributed by atoms with Crippen molar-refractivity contribution in [2.24, 2.45) is 0 Å². The first-order valence-electron chi connectivity index (χ1n) is 6.14. The maximum Gasteiger partial charge on any atom is 0.188 e. The molecule has 0 bridgehead atoms. The lowest BCUT2D eigenvalue weighted by atomic mass is 10.2. The molecule has 0 aliphatic rings. The number of nitrogens with one attached hydrogen (secondary N) is 1. The van der Waals surface area contributed by atoms with E-state index in [1.807, 2.05) is 43.3 Å². The van der Waals surface area contributed by atoms with E-state index in [1.54, 1.807) is 7.11 Å². The zero-order valence-corrected chi connectivity index (χ0v) is 12.7. The van der Waals surface area contributed by atoms with Crippen molar-refractivity contribution in [2.45, 2.75) is 6.92 Å². The number of fused-ring (bicyclic) bond motifs is 1. The fraction of sp³-hybridized carbons (Fsp3) is 0.133. The maximum atomic E-state index is 6.18. The summed E-state index contributed by atoms with van der Waals surface area (Å²) >= 11 is 7.71. The summed E-state index contributed by atoms with van der Waals surface area (Å²) < 4.78 is 6.35. The van der Waals surface area contributed by atoms with Gasteiger partial charge in [-0.25, -0.2) is 4.98 Å². The van der Waals surface area contributed by atoms with Crippen molar-refractivity contribution in [2.75, 3.05) is 12.4 Å². The Kier molecular flexibility index (Phi) is 3.51. The number of thiazole rings is 1. The summed E-state index contributed by atoms with van der Waals surface area (Å²) in [6, 6.07) is 11.7. The van der Waals surface area contributed by atoms with Crippen LogP contribution in [0.3, 0.4) is 0 Å². The van der Waals surface area contributed by atoms with Crippen molar-refractivity contribution in [3.05, 3.63) is 47.0 Å². The van der Waals surface area contributed by atoms with Crippen molar-refractivity contribution >= 4 is 44.0 Å². The van der Waals surface area contributed by atoms with E-state index >= 15 is 0 Å². The molecule has 0 radical (unpaired) electrons. The highest BCUT2D eigenvalue weighted by atomic mass is 35.5. The largest absolute Gasteiger partial charge is 0.495 e. The Morgan fingerprint density at radius 3 is 2.85 bits per heavy atom. The molecule has 0 fully saturated rings. The number of halogens is 1. The van der Waals surface area contributed by atoms with E-state index in [9.17, 15) is 0 Å². The van der Waals surface area contributed by atoms with Gasteiger partial charge in [0, 0.05) is 0 Å². The minimum atomic E-state index is 0.726. The number of ether oxygens (including phenoxy) is 1. The van der Waals surface area contributed by atoms with Crippen LogP contribution in [0, 0.1) is 6.92 Å². The summed E-state index contributed by atoms with van der Waals surface area (Å²) in [6.45, 7) is 2.04. The van der Waals surface area contributed by atoms with Crippen molar-refractivity contribution < 1.29 is 4.74 Å². The molecule has 3 aromatic rings. The molecule has 3 nitrogen and oxygen atoms in total. The van der Waals surface area contributed by atoms with Crippen molar-refractivity contribution in [3.8, 4) is 5.75 Å². The van der Waals surface area contributed by atoms with E-state index in [-0.39, 0.29) is 0 Å². The molecule has 1 heterocycles. The number of aromatic nitrogens is 1. The summed E-state index contributed by atoms with van der Waals surface area (Å²) in [5.41, 5.74) is 2.96. The topological polar surface area (TPSA) is 34.1 Å². The number of hydrogen-bond donors (Lipinski definition) is 1. The first-order valence-corrected chi connectivity index (χ1v) is 7.33. The van der Waals surface area contributed by atoms with Gasteiger partial charge >= 0.3 is 0 Å². The highest BCUT2D eigenvalue weighted by Crippen LogP contribution is 2.35. The second-order valence-electron chi connectivity index (χ2n) is 4.44. The number of anilines is 2. The van der Waals surface area contributed by atoms with Gasteiger partial charge in [-0.2, -0.15) is 0 Å². The molecule has 0 saturated carbocycles. The Balaban J connectivity index is 2.01.